The number of hydrogen-bond acceptors (Lipinski definition) is 2. The molecule has 0 heterocycles. The summed E-state index contributed by atoms with van der Waals surface area (Å²) in [5, 5.41) is 3.41. The van der Waals surface area contributed by atoms with Crippen molar-refractivity contribution in [1.29, 1.82) is 0 Å². The van der Waals surface area contributed by atoms with Crippen molar-refractivity contribution >= 4 is 27.5 Å². The van der Waals surface area contributed by atoms with Crippen LogP contribution in [0.1, 0.15) is 20.3 Å². The van der Waals surface area contributed by atoms with E-state index in [1.54, 1.807) is 0 Å². The smallest absolute Gasteiger partial charge is 0.145 e. The van der Waals surface area contributed by atoms with Gasteiger partial charge >= 0.3 is 0 Å². The van der Waals surface area contributed by atoms with Crippen molar-refractivity contribution in [3.8, 4) is 5.75 Å². The first-order chi connectivity index (χ1) is 8.50. The highest BCUT2D eigenvalue weighted by Gasteiger charge is 2.07. The monoisotopic (exact) mass is 337 g/mol. The van der Waals surface area contributed by atoms with Gasteiger partial charge in [0.2, 0.25) is 0 Å². The molecule has 1 aromatic carbocycles. The molecule has 1 rings (SSSR count). The second-order valence-electron chi connectivity index (χ2n) is 4.50. The van der Waals surface area contributed by atoms with Crippen LogP contribution >= 0.6 is 27.5 Å². The molecule has 1 aromatic rings. The third kappa shape index (κ3) is 5.55. The van der Waals surface area contributed by atoms with Gasteiger partial charge in [0.25, 0.3) is 0 Å². The predicted octanol–water partition coefficient (Wildman–Crippen LogP) is 4.26. The van der Waals surface area contributed by atoms with Crippen LogP contribution in [0.2, 0.25) is 5.02 Å². The van der Waals surface area contributed by atoms with Gasteiger partial charge < -0.3 is 10.1 Å². The molecule has 0 saturated heterocycles. The molecule has 1 N–H and O–H groups in total. The first-order valence-electron chi connectivity index (χ1n) is 5.98. The van der Waals surface area contributed by atoms with Crippen LogP contribution < -0.4 is 10.1 Å². The minimum Gasteiger partial charge on any atom is -0.492 e. The van der Waals surface area contributed by atoms with Crippen molar-refractivity contribution in [3.05, 3.63) is 27.4 Å². The van der Waals surface area contributed by atoms with Crippen molar-refractivity contribution in [2.45, 2.75) is 20.3 Å². The van der Waals surface area contributed by atoms with Gasteiger partial charge in [0, 0.05) is 6.07 Å². The molecule has 0 aromatic heterocycles. The minimum atomic E-state index is -0.465. The molecule has 0 amide bonds. The molecule has 0 aliphatic rings. The zero-order valence-electron chi connectivity index (χ0n) is 10.6. The first kappa shape index (κ1) is 15.7. The summed E-state index contributed by atoms with van der Waals surface area (Å²) in [7, 11) is 0. The second kappa shape index (κ2) is 7.97. The van der Waals surface area contributed by atoms with E-state index >= 15 is 0 Å². The van der Waals surface area contributed by atoms with E-state index in [1.165, 1.54) is 12.1 Å². The van der Waals surface area contributed by atoms with Gasteiger partial charge in [-0.3, -0.25) is 0 Å². The SMILES string of the molecule is CC(C)CNCCCOc1cc(F)c(Cl)cc1Br. The highest BCUT2D eigenvalue weighted by molar-refractivity contribution is 9.10. The van der Waals surface area contributed by atoms with Crippen LogP contribution in [-0.2, 0) is 0 Å². The molecule has 0 spiro atoms. The van der Waals surface area contributed by atoms with Gasteiger partial charge in [0.05, 0.1) is 16.1 Å². The summed E-state index contributed by atoms with van der Waals surface area (Å²) in [4.78, 5) is 0. The van der Waals surface area contributed by atoms with Crippen LogP contribution in [0.25, 0.3) is 0 Å². The zero-order valence-corrected chi connectivity index (χ0v) is 12.9. The van der Waals surface area contributed by atoms with Crippen LogP contribution in [0.15, 0.2) is 16.6 Å². The average Bonchev–Trinajstić information content (AvgIpc) is 2.29. The molecule has 102 valence electrons. The maximum Gasteiger partial charge on any atom is 0.145 e. The van der Waals surface area contributed by atoms with Crippen LogP contribution in [-0.4, -0.2) is 19.7 Å². The third-order valence-electron chi connectivity index (χ3n) is 2.28. The van der Waals surface area contributed by atoms with Crippen molar-refractivity contribution < 1.29 is 9.13 Å². The van der Waals surface area contributed by atoms with E-state index in [4.69, 9.17) is 16.3 Å². The van der Waals surface area contributed by atoms with Crippen molar-refractivity contribution in [3.63, 3.8) is 0 Å². The van der Waals surface area contributed by atoms with Crippen LogP contribution in [0.4, 0.5) is 4.39 Å². The lowest BCUT2D eigenvalue weighted by Gasteiger charge is -2.10. The maximum atomic E-state index is 13.2. The Bertz CT molecular complexity index is 387. The zero-order chi connectivity index (χ0) is 13.5. The van der Waals surface area contributed by atoms with Gasteiger partial charge in [-0.05, 0) is 47.4 Å². The Hall–Kier alpha value is -0.320. The summed E-state index contributed by atoms with van der Waals surface area (Å²) in [6.07, 6.45) is 0.878. The molecule has 5 heteroatoms. The average molecular weight is 339 g/mol. The van der Waals surface area contributed by atoms with Gasteiger partial charge in [-0.2, -0.15) is 0 Å². The lowest BCUT2D eigenvalue weighted by atomic mass is 10.2. The van der Waals surface area contributed by atoms with Crippen molar-refractivity contribution in [1.82, 2.24) is 5.32 Å². The van der Waals surface area contributed by atoms with E-state index in [0.717, 1.165) is 19.5 Å². The number of benzene rings is 1. The molecule has 18 heavy (non-hydrogen) atoms. The lowest BCUT2D eigenvalue weighted by Crippen LogP contribution is -2.22. The Balaban J connectivity index is 2.29. The molecule has 0 saturated carbocycles. The van der Waals surface area contributed by atoms with Crippen molar-refractivity contribution in [2.24, 2.45) is 5.92 Å². The highest BCUT2D eigenvalue weighted by atomic mass is 79.9. The second-order valence-corrected chi connectivity index (χ2v) is 5.76. The number of nitrogens with one attached hydrogen (secondary N) is 1. The Labute approximate surface area is 121 Å². The molecule has 0 fully saturated rings. The Morgan fingerprint density at radius 1 is 1.44 bits per heavy atom. The van der Waals surface area contributed by atoms with Crippen LogP contribution in [0.5, 0.6) is 5.75 Å². The fourth-order valence-corrected chi connectivity index (χ4v) is 2.14. The first-order valence-corrected chi connectivity index (χ1v) is 7.16. The fraction of sp³-hybridized carbons (Fsp3) is 0.538. The molecular weight excluding hydrogens is 321 g/mol. The highest BCUT2D eigenvalue weighted by Crippen LogP contribution is 2.30. The summed E-state index contributed by atoms with van der Waals surface area (Å²) >= 11 is 8.94. The van der Waals surface area contributed by atoms with Crippen LogP contribution in [0, 0.1) is 11.7 Å². The number of hydrogen-bond donors (Lipinski definition) is 1. The van der Waals surface area contributed by atoms with Gasteiger partial charge in [-0.25, -0.2) is 4.39 Å². The molecule has 0 aliphatic carbocycles. The van der Waals surface area contributed by atoms with E-state index in [-0.39, 0.29) is 5.02 Å². The lowest BCUT2D eigenvalue weighted by molar-refractivity contribution is 0.303. The molecule has 0 aliphatic heterocycles. The van der Waals surface area contributed by atoms with E-state index in [0.29, 0.717) is 22.7 Å². The minimum absolute atomic E-state index is 0.0906. The normalized spacial score (nSPS) is 11.0. The maximum absolute atomic E-state index is 13.2. The molecular formula is C13H18BrClFNO. The molecule has 0 radical (unpaired) electrons. The summed E-state index contributed by atoms with van der Waals surface area (Å²) in [6, 6.07) is 2.80. The van der Waals surface area contributed by atoms with E-state index in [1.807, 2.05) is 0 Å². The predicted molar refractivity (Wildman–Crippen MR) is 76.9 cm³/mol. The molecule has 0 unspecified atom stereocenters. The van der Waals surface area contributed by atoms with E-state index in [2.05, 4.69) is 35.1 Å². The standard InChI is InChI=1S/C13H18BrClFNO/c1-9(2)8-17-4-3-5-18-13-7-12(16)11(15)6-10(13)14/h6-7,9,17H,3-5,8H2,1-2H3. The number of ether oxygens (including phenoxy) is 1. The Kier molecular flexibility index (Phi) is 6.97. The largest absolute Gasteiger partial charge is 0.492 e. The van der Waals surface area contributed by atoms with Crippen molar-refractivity contribution in [2.75, 3.05) is 19.7 Å². The van der Waals surface area contributed by atoms with Gasteiger partial charge in [-0.15, -0.1) is 0 Å². The van der Waals surface area contributed by atoms with Gasteiger partial charge in [0.15, 0.2) is 0 Å². The van der Waals surface area contributed by atoms with Gasteiger partial charge in [0.1, 0.15) is 11.6 Å². The third-order valence-corrected chi connectivity index (χ3v) is 3.19. The topological polar surface area (TPSA) is 21.3 Å². The molecule has 0 bridgehead atoms. The molecule has 2 nitrogen and oxygen atoms in total. The van der Waals surface area contributed by atoms with Crippen LogP contribution in [0.3, 0.4) is 0 Å². The molecule has 0 atom stereocenters. The van der Waals surface area contributed by atoms with E-state index in [9.17, 15) is 4.39 Å². The summed E-state index contributed by atoms with van der Waals surface area (Å²) in [5.41, 5.74) is 0. The van der Waals surface area contributed by atoms with Gasteiger partial charge in [-0.1, -0.05) is 25.4 Å². The quantitative estimate of drug-likeness (QED) is 0.592. The summed E-state index contributed by atoms with van der Waals surface area (Å²) in [5.74, 6) is 0.666. The Morgan fingerprint density at radius 2 is 2.17 bits per heavy atom. The van der Waals surface area contributed by atoms with E-state index < -0.39 is 5.82 Å². The number of halogens is 3. The number of rotatable bonds is 7. The summed E-state index contributed by atoms with van der Waals surface area (Å²) in [6.45, 7) is 6.77. The fourth-order valence-electron chi connectivity index (χ4n) is 1.38. The Morgan fingerprint density at radius 3 is 2.83 bits per heavy atom. The summed E-state index contributed by atoms with van der Waals surface area (Å²) < 4.78 is 19.4.